The molecule has 2 rings (SSSR count). The molecule has 8 heteroatoms. The molecule has 2 aromatic rings. The van der Waals surface area contributed by atoms with Crippen LogP contribution in [0.5, 0.6) is 5.75 Å². The van der Waals surface area contributed by atoms with E-state index in [-0.39, 0.29) is 11.1 Å². The summed E-state index contributed by atoms with van der Waals surface area (Å²) in [6.45, 7) is 0. The van der Waals surface area contributed by atoms with Crippen LogP contribution in [0, 0.1) is 5.82 Å². The SMILES string of the molecule is Cn1cc(C(NC(=O)c2ccc(F)cc2O)C(=O)O)cn1. The van der Waals surface area contributed by atoms with E-state index in [1.807, 2.05) is 0 Å². The first-order chi connectivity index (χ1) is 9.88. The van der Waals surface area contributed by atoms with Gasteiger partial charge >= 0.3 is 5.97 Å². The van der Waals surface area contributed by atoms with Crippen LogP contribution in [0.15, 0.2) is 30.6 Å². The predicted molar refractivity (Wildman–Crippen MR) is 69.1 cm³/mol. The van der Waals surface area contributed by atoms with Crippen molar-refractivity contribution in [1.29, 1.82) is 0 Å². The second kappa shape index (κ2) is 5.61. The van der Waals surface area contributed by atoms with Crippen molar-refractivity contribution in [2.75, 3.05) is 0 Å². The summed E-state index contributed by atoms with van der Waals surface area (Å²) in [5.41, 5.74) is 0.0616. The molecule has 0 saturated carbocycles. The molecular formula is C13H12FN3O4. The molecule has 0 aliphatic heterocycles. The summed E-state index contributed by atoms with van der Waals surface area (Å²) < 4.78 is 14.3. The highest BCUT2D eigenvalue weighted by molar-refractivity contribution is 5.98. The Hall–Kier alpha value is -2.90. The molecule has 1 amide bonds. The Bertz CT molecular complexity index is 698. The van der Waals surface area contributed by atoms with E-state index in [1.54, 1.807) is 7.05 Å². The second-order valence-electron chi connectivity index (χ2n) is 4.35. The smallest absolute Gasteiger partial charge is 0.331 e. The maximum Gasteiger partial charge on any atom is 0.331 e. The number of nitrogens with one attached hydrogen (secondary N) is 1. The van der Waals surface area contributed by atoms with E-state index in [4.69, 9.17) is 0 Å². The Balaban J connectivity index is 2.25. The molecule has 1 aromatic heterocycles. The third kappa shape index (κ3) is 3.16. The number of aryl methyl sites for hydroxylation is 1. The first kappa shape index (κ1) is 14.5. The molecule has 1 atom stereocenters. The van der Waals surface area contributed by atoms with Gasteiger partial charge in [-0.15, -0.1) is 0 Å². The summed E-state index contributed by atoms with van der Waals surface area (Å²) in [5, 5.41) is 24.8. The van der Waals surface area contributed by atoms with Gasteiger partial charge in [0.05, 0.1) is 11.8 Å². The first-order valence-corrected chi connectivity index (χ1v) is 5.89. The number of carboxylic acids is 1. The van der Waals surface area contributed by atoms with Gasteiger partial charge in [-0.2, -0.15) is 5.10 Å². The van der Waals surface area contributed by atoms with E-state index in [9.17, 15) is 24.2 Å². The van der Waals surface area contributed by atoms with Gasteiger partial charge in [0.2, 0.25) is 0 Å². The average molecular weight is 293 g/mol. The van der Waals surface area contributed by atoms with Gasteiger partial charge < -0.3 is 15.5 Å². The molecule has 0 aliphatic carbocycles. The maximum atomic E-state index is 12.9. The van der Waals surface area contributed by atoms with E-state index in [0.717, 1.165) is 18.2 Å². The summed E-state index contributed by atoms with van der Waals surface area (Å²) in [7, 11) is 1.61. The maximum absolute atomic E-state index is 12.9. The molecule has 0 bridgehead atoms. The number of aliphatic carboxylic acids is 1. The Morgan fingerprint density at radius 3 is 2.67 bits per heavy atom. The Morgan fingerprint density at radius 2 is 2.14 bits per heavy atom. The van der Waals surface area contributed by atoms with Gasteiger partial charge in [0.1, 0.15) is 11.6 Å². The molecule has 0 radical (unpaired) electrons. The van der Waals surface area contributed by atoms with Crippen LogP contribution in [0.4, 0.5) is 4.39 Å². The third-order valence-electron chi connectivity index (χ3n) is 2.78. The van der Waals surface area contributed by atoms with E-state index in [0.29, 0.717) is 0 Å². The number of rotatable bonds is 4. The number of hydrogen-bond donors (Lipinski definition) is 3. The topological polar surface area (TPSA) is 104 Å². The number of aromatic nitrogens is 2. The molecule has 0 fully saturated rings. The summed E-state index contributed by atoms with van der Waals surface area (Å²) in [6.07, 6.45) is 2.76. The number of phenolic OH excluding ortho intramolecular Hbond substituents is 1. The van der Waals surface area contributed by atoms with Crippen LogP contribution in [0.3, 0.4) is 0 Å². The fourth-order valence-corrected chi connectivity index (χ4v) is 1.78. The number of carboxylic acid groups (broad SMARTS) is 1. The minimum atomic E-state index is -1.32. The summed E-state index contributed by atoms with van der Waals surface area (Å²) in [6, 6.07) is 1.52. The number of phenols is 1. The van der Waals surface area contributed by atoms with Crippen LogP contribution in [0.2, 0.25) is 0 Å². The number of benzene rings is 1. The van der Waals surface area contributed by atoms with Gasteiger partial charge in [0.25, 0.3) is 5.91 Å². The predicted octanol–water partition coefficient (Wildman–Crippen LogP) is 0.820. The normalized spacial score (nSPS) is 11.9. The second-order valence-corrected chi connectivity index (χ2v) is 4.35. The number of carbonyl (C=O) groups excluding carboxylic acids is 1. The van der Waals surface area contributed by atoms with Crippen molar-refractivity contribution in [2.24, 2.45) is 7.05 Å². The fourth-order valence-electron chi connectivity index (χ4n) is 1.78. The minimum Gasteiger partial charge on any atom is -0.507 e. The van der Waals surface area contributed by atoms with Crippen molar-refractivity contribution < 1.29 is 24.2 Å². The Kier molecular flexibility index (Phi) is 3.88. The number of halogens is 1. The largest absolute Gasteiger partial charge is 0.507 e. The van der Waals surface area contributed by atoms with Gasteiger partial charge in [0.15, 0.2) is 6.04 Å². The van der Waals surface area contributed by atoms with E-state index in [1.165, 1.54) is 17.1 Å². The summed E-state index contributed by atoms with van der Waals surface area (Å²) in [4.78, 5) is 23.2. The van der Waals surface area contributed by atoms with Crippen LogP contribution in [-0.2, 0) is 11.8 Å². The number of hydrogen-bond acceptors (Lipinski definition) is 4. The fraction of sp³-hybridized carbons (Fsp3) is 0.154. The molecular weight excluding hydrogens is 281 g/mol. The van der Waals surface area contributed by atoms with E-state index >= 15 is 0 Å². The molecule has 0 aliphatic rings. The number of carbonyl (C=O) groups is 2. The zero-order chi connectivity index (χ0) is 15.6. The molecule has 0 spiro atoms. The molecule has 110 valence electrons. The monoisotopic (exact) mass is 293 g/mol. The van der Waals surface area contributed by atoms with E-state index < -0.39 is 29.5 Å². The summed E-state index contributed by atoms with van der Waals surface area (Å²) in [5.74, 6) is -3.38. The molecule has 0 saturated heterocycles. The molecule has 3 N–H and O–H groups in total. The first-order valence-electron chi connectivity index (χ1n) is 5.89. The van der Waals surface area contributed by atoms with Gasteiger partial charge in [-0.05, 0) is 12.1 Å². The van der Waals surface area contributed by atoms with Gasteiger partial charge in [-0.1, -0.05) is 0 Å². The molecule has 7 nitrogen and oxygen atoms in total. The molecule has 1 aromatic carbocycles. The Labute approximate surface area is 118 Å². The molecule has 21 heavy (non-hydrogen) atoms. The van der Waals surface area contributed by atoms with Crippen molar-refractivity contribution in [2.45, 2.75) is 6.04 Å². The van der Waals surface area contributed by atoms with Gasteiger partial charge in [0, 0.05) is 24.9 Å². The third-order valence-corrected chi connectivity index (χ3v) is 2.78. The van der Waals surface area contributed by atoms with Gasteiger partial charge in [-0.25, -0.2) is 9.18 Å². The lowest BCUT2D eigenvalue weighted by Crippen LogP contribution is -2.33. The highest BCUT2D eigenvalue weighted by Gasteiger charge is 2.25. The van der Waals surface area contributed by atoms with Crippen LogP contribution < -0.4 is 5.32 Å². The molecule has 1 heterocycles. The van der Waals surface area contributed by atoms with Gasteiger partial charge in [-0.3, -0.25) is 9.48 Å². The highest BCUT2D eigenvalue weighted by atomic mass is 19.1. The van der Waals surface area contributed by atoms with Crippen molar-refractivity contribution in [3.05, 3.63) is 47.5 Å². The average Bonchev–Trinajstić information content (AvgIpc) is 2.81. The highest BCUT2D eigenvalue weighted by Crippen LogP contribution is 2.20. The molecule has 1 unspecified atom stereocenters. The Morgan fingerprint density at radius 1 is 1.43 bits per heavy atom. The van der Waals surface area contributed by atoms with Crippen LogP contribution in [0.25, 0.3) is 0 Å². The summed E-state index contributed by atoms with van der Waals surface area (Å²) >= 11 is 0. The zero-order valence-electron chi connectivity index (χ0n) is 10.9. The quantitative estimate of drug-likeness (QED) is 0.774. The number of aromatic hydroxyl groups is 1. The lowest BCUT2D eigenvalue weighted by molar-refractivity contribution is -0.139. The lowest BCUT2D eigenvalue weighted by atomic mass is 10.1. The van der Waals surface area contributed by atoms with Crippen molar-refractivity contribution >= 4 is 11.9 Å². The number of amides is 1. The minimum absolute atomic E-state index is 0.216. The lowest BCUT2D eigenvalue weighted by Gasteiger charge is -2.13. The van der Waals surface area contributed by atoms with Crippen molar-refractivity contribution in [1.82, 2.24) is 15.1 Å². The van der Waals surface area contributed by atoms with Crippen LogP contribution >= 0.6 is 0 Å². The van der Waals surface area contributed by atoms with E-state index in [2.05, 4.69) is 10.4 Å². The standard InChI is InChI=1S/C13H12FN3O4/c1-17-6-7(5-15-17)11(13(20)21)16-12(19)9-3-2-8(14)4-10(9)18/h2-6,11,18H,1H3,(H,16,19)(H,20,21). The van der Waals surface area contributed by atoms with Crippen molar-refractivity contribution in [3.63, 3.8) is 0 Å². The van der Waals surface area contributed by atoms with Crippen molar-refractivity contribution in [3.8, 4) is 5.75 Å². The zero-order valence-corrected chi connectivity index (χ0v) is 10.9. The number of nitrogens with zero attached hydrogens (tertiary/aromatic N) is 2. The van der Waals surface area contributed by atoms with Crippen LogP contribution in [-0.4, -0.2) is 31.9 Å². The van der Waals surface area contributed by atoms with Crippen LogP contribution in [0.1, 0.15) is 22.0 Å².